The summed E-state index contributed by atoms with van der Waals surface area (Å²) in [5, 5.41) is 15.9. The van der Waals surface area contributed by atoms with Crippen molar-refractivity contribution in [3.05, 3.63) is 64.7 Å². The standard InChI is InChI=1S/C26H27BrClN3O5/c1-14-6-5-9-17(28)20(14)30-24(34)22-26-12-16(27)21(36-26)18(19(26)25(35)31(22)10-11-32)23(33)29-13-15-7-3-2-4-8-15/h2-9,16,18-19,21-22,32H,10-13H2,1H3,(H,29,33)(H,30,34)/t16?,18-,19+,21-,22?,26?/m1/s1. The van der Waals surface area contributed by atoms with Crippen LogP contribution < -0.4 is 10.6 Å². The van der Waals surface area contributed by atoms with Crippen LogP contribution in [-0.4, -0.2) is 63.5 Å². The van der Waals surface area contributed by atoms with Crippen LogP contribution >= 0.6 is 27.5 Å². The zero-order valence-corrected chi connectivity index (χ0v) is 22.0. The highest BCUT2D eigenvalue weighted by Crippen LogP contribution is 2.60. The Morgan fingerprint density at radius 1 is 1.19 bits per heavy atom. The van der Waals surface area contributed by atoms with Gasteiger partial charge in [0.2, 0.25) is 17.7 Å². The average Bonchev–Trinajstić information content (AvgIpc) is 3.44. The van der Waals surface area contributed by atoms with Crippen LogP contribution in [0.1, 0.15) is 17.5 Å². The van der Waals surface area contributed by atoms with Crippen LogP contribution in [0.15, 0.2) is 48.5 Å². The number of halogens is 2. The number of carbonyl (C=O) groups is 3. The van der Waals surface area contributed by atoms with Crippen molar-refractivity contribution in [3.8, 4) is 0 Å². The molecule has 0 aliphatic carbocycles. The predicted octanol–water partition coefficient (Wildman–Crippen LogP) is 2.64. The van der Waals surface area contributed by atoms with E-state index in [1.165, 1.54) is 4.90 Å². The second kappa shape index (κ2) is 9.78. The van der Waals surface area contributed by atoms with Gasteiger partial charge in [0.25, 0.3) is 0 Å². The van der Waals surface area contributed by atoms with Crippen molar-refractivity contribution < 1.29 is 24.2 Å². The van der Waals surface area contributed by atoms with E-state index < -0.39 is 35.5 Å². The predicted molar refractivity (Wildman–Crippen MR) is 138 cm³/mol. The van der Waals surface area contributed by atoms with Gasteiger partial charge in [-0.2, -0.15) is 0 Å². The van der Waals surface area contributed by atoms with Crippen molar-refractivity contribution in [1.29, 1.82) is 0 Å². The SMILES string of the molecule is Cc1cccc(Cl)c1NC(=O)C1N(CCO)C(=O)[C@@H]2[C@@H](C(=O)NCc3ccccc3)[C@@H]3OC12CC3Br. The Morgan fingerprint density at radius 2 is 1.94 bits per heavy atom. The number of β-amino-alcohol motifs (C(OH)–C–C–N with tert-alkyl or cyclic N) is 1. The third-order valence-electron chi connectivity index (χ3n) is 7.46. The molecule has 5 rings (SSSR count). The summed E-state index contributed by atoms with van der Waals surface area (Å²) in [7, 11) is 0. The van der Waals surface area contributed by atoms with Crippen LogP contribution in [0.25, 0.3) is 0 Å². The fraction of sp³-hybridized carbons (Fsp3) is 0.423. The number of nitrogens with zero attached hydrogens (tertiary/aromatic N) is 1. The summed E-state index contributed by atoms with van der Waals surface area (Å²) in [5.74, 6) is -2.70. The number of carbonyl (C=O) groups excluding carboxylic acids is 3. The third kappa shape index (κ3) is 4.02. The highest BCUT2D eigenvalue weighted by atomic mass is 79.9. The number of alkyl halides is 1. The first-order chi connectivity index (χ1) is 17.3. The molecule has 2 bridgehead atoms. The second-order valence-electron chi connectivity index (χ2n) is 9.54. The van der Waals surface area contributed by atoms with Gasteiger partial charge in [0.15, 0.2) is 0 Å². The van der Waals surface area contributed by atoms with Crippen molar-refractivity contribution in [2.45, 2.75) is 42.5 Å². The summed E-state index contributed by atoms with van der Waals surface area (Å²) in [6.07, 6.45) is -0.165. The molecule has 3 aliphatic rings. The van der Waals surface area contributed by atoms with Crippen LogP contribution in [0.3, 0.4) is 0 Å². The molecule has 2 aromatic carbocycles. The number of aliphatic hydroxyl groups is 1. The van der Waals surface area contributed by atoms with Gasteiger partial charge < -0.3 is 25.4 Å². The number of ether oxygens (including phenoxy) is 1. The molecule has 3 heterocycles. The zero-order chi connectivity index (χ0) is 25.6. The molecule has 190 valence electrons. The number of hydrogen-bond donors (Lipinski definition) is 3. The lowest BCUT2D eigenvalue weighted by molar-refractivity contribution is -0.141. The molecule has 3 amide bonds. The Balaban J connectivity index is 1.46. The second-order valence-corrected chi connectivity index (χ2v) is 11.1. The monoisotopic (exact) mass is 575 g/mol. The number of benzene rings is 2. The van der Waals surface area contributed by atoms with Gasteiger partial charge >= 0.3 is 0 Å². The summed E-state index contributed by atoms with van der Waals surface area (Å²) in [5.41, 5.74) is 0.975. The largest absolute Gasteiger partial charge is 0.395 e. The van der Waals surface area contributed by atoms with Gasteiger partial charge in [-0.1, -0.05) is 70.0 Å². The normalized spacial score (nSPS) is 30.4. The van der Waals surface area contributed by atoms with Gasteiger partial charge in [-0.05, 0) is 30.5 Å². The van der Waals surface area contributed by atoms with Crippen molar-refractivity contribution in [2.24, 2.45) is 11.8 Å². The van der Waals surface area contributed by atoms with E-state index in [0.717, 1.165) is 11.1 Å². The molecule has 0 aromatic heterocycles. The maximum atomic E-state index is 13.7. The molecule has 3 aliphatic heterocycles. The summed E-state index contributed by atoms with van der Waals surface area (Å²) in [6, 6.07) is 13.8. The molecule has 3 saturated heterocycles. The number of rotatable bonds is 7. The molecule has 0 radical (unpaired) electrons. The van der Waals surface area contributed by atoms with E-state index in [1.807, 2.05) is 43.3 Å². The van der Waals surface area contributed by atoms with Gasteiger partial charge in [-0.25, -0.2) is 0 Å². The van der Waals surface area contributed by atoms with Gasteiger partial charge in [-0.3, -0.25) is 14.4 Å². The van der Waals surface area contributed by atoms with Crippen molar-refractivity contribution in [1.82, 2.24) is 10.2 Å². The number of aliphatic hydroxyl groups excluding tert-OH is 1. The average molecular weight is 577 g/mol. The lowest BCUT2D eigenvalue weighted by atomic mass is 9.70. The lowest BCUT2D eigenvalue weighted by Crippen LogP contribution is -2.54. The summed E-state index contributed by atoms with van der Waals surface area (Å²) in [4.78, 5) is 42.0. The number of aryl methyl sites for hydroxylation is 1. The Hall–Kier alpha value is -2.46. The third-order valence-corrected chi connectivity index (χ3v) is 8.62. The molecule has 8 nitrogen and oxygen atoms in total. The van der Waals surface area contributed by atoms with Gasteiger partial charge in [0.1, 0.15) is 11.6 Å². The Morgan fingerprint density at radius 3 is 2.64 bits per heavy atom. The molecule has 3 fully saturated rings. The number of para-hydroxylation sites is 1. The summed E-state index contributed by atoms with van der Waals surface area (Å²) in [6.45, 7) is 1.78. The topological polar surface area (TPSA) is 108 Å². The first kappa shape index (κ1) is 25.2. The number of anilines is 1. The smallest absolute Gasteiger partial charge is 0.250 e. The highest BCUT2D eigenvalue weighted by Gasteiger charge is 2.76. The molecule has 0 saturated carbocycles. The molecule has 3 unspecified atom stereocenters. The van der Waals surface area contributed by atoms with Crippen molar-refractivity contribution in [3.63, 3.8) is 0 Å². The zero-order valence-electron chi connectivity index (χ0n) is 19.6. The fourth-order valence-corrected chi connectivity index (χ4v) is 7.17. The first-order valence-corrected chi connectivity index (χ1v) is 13.2. The number of hydrogen-bond acceptors (Lipinski definition) is 5. The molecular weight excluding hydrogens is 550 g/mol. The molecule has 3 N–H and O–H groups in total. The maximum Gasteiger partial charge on any atom is 0.250 e. The molecule has 1 spiro atoms. The van der Waals surface area contributed by atoms with Crippen LogP contribution in [-0.2, 0) is 25.7 Å². The van der Waals surface area contributed by atoms with Gasteiger partial charge in [0.05, 0.1) is 35.3 Å². The van der Waals surface area contributed by atoms with E-state index in [9.17, 15) is 19.5 Å². The van der Waals surface area contributed by atoms with Crippen LogP contribution in [0.4, 0.5) is 5.69 Å². The van der Waals surface area contributed by atoms with Crippen molar-refractivity contribution >= 4 is 50.9 Å². The summed E-state index contributed by atoms with van der Waals surface area (Å²) < 4.78 is 6.42. The Bertz CT molecular complexity index is 1180. The molecule has 6 atom stereocenters. The van der Waals surface area contributed by atoms with E-state index in [-0.39, 0.29) is 29.8 Å². The Labute approximate surface area is 222 Å². The van der Waals surface area contributed by atoms with Gasteiger partial charge in [0, 0.05) is 17.9 Å². The molecular formula is C26H27BrClN3O5. The number of nitrogens with one attached hydrogen (secondary N) is 2. The molecule has 10 heteroatoms. The van der Waals surface area contributed by atoms with E-state index >= 15 is 0 Å². The Kier molecular flexibility index (Phi) is 6.84. The van der Waals surface area contributed by atoms with Crippen molar-refractivity contribution in [2.75, 3.05) is 18.5 Å². The van der Waals surface area contributed by atoms with E-state index in [4.69, 9.17) is 16.3 Å². The quantitative estimate of drug-likeness (QED) is 0.440. The number of fused-ring (bicyclic) bond motifs is 1. The van der Waals surface area contributed by atoms with Gasteiger partial charge in [-0.15, -0.1) is 0 Å². The van der Waals surface area contributed by atoms with Crippen LogP contribution in [0.5, 0.6) is 0 Å². The van der Waals surface area contributed by atoms with E-state index in [0.29, 0.717) is 23.7 Å². The summed E-state index contributed by atoms with van der Waals surface area (Å²) >= 11 is 9.98. The van der Waals surface area contributed by atoms with Crippen LogP contribution in [0, 0.1) is 18.8 Å². The highest BCUT2D eigenvalue weighted by molar-refractivity contribution is 9.09. The number of amides is 3. The first-order valence-electron chi connectivity index (χ1n) is 11.9. The maximum absolute atomic E-state index is 13.7. The minimum Gasteiger partial charge on any atom is -0.395 e. The molecule has 2 aromatic rings. The van der Waals surface area contributed by atoms with Crippen LogP contribution in [0.2, 0.25) is 5.02 Å². The minimum atomic E-state index is -1.20. The lowest BCUT2D eigenvalue weighted by Gasteiger charge is -2.34. The van der Waals surface area contributed by atoms with E-state index in [2.05, 4.69) is 26.6 Å². The van der Waals surface area contributed by atoms with E-state index in [1.54, 1.807) is 12.1 Å². The number of likely N-dealkylation sites (tertiary alicyclic amines) is 1. The molecule has 36 heavy (non-hydrogen) atoms. The minimum absolute atomic E-state index is 0.0456. The fourth-order valence-electron chi connectivity index (χ4n) is 5.96.